The first-order valence-electron chi connectivity index (χ1n) is 9.38. The number of carboxylic acid groups (broad SMARTS) is 1. The maximum atomic E-state index is 11.6. The third kappa shape index (κ3) is 3.35. The third-order valence-corrected chi connectivity index (χ3v) is 5.65. The van der Waals surface area contributed by atoms with Gasteiger partial charge in [-0.25, -0.2) is 4.79 Å². The molecule has 5 heteroatoms. The van der Waals surface area contributed by atoms with Crippen molar-refractivity contribution in [1.29, 1.82) is 0 Å². The van der Waals surface area contributed by atoms with E-state index < -0.39 is 5.97 Å². The van der Waals surface area contributed by atoms with Gasteiger partial charge >= 0.3 is 5.97 Å². The molecule has 0 amide bonds. The number of anilines is 1. The molecule has 1 aliphatic rings. The predicted octanol–water partition coefficient (Wildman–Crippen LogP) is 4.66. The highest BCUT2D eigenvalue weighted by atomic mass is 16.5. The molecule has 3 N–H and O–H groups in total. The molecular weight excluding hydrogens is 328 g/mol. The Balaban J connectivity index is 2.07. The minimum absolute atomic E-state index is 0.0611. The number of pyridine rings is 1. The number of rotatable bonds is 4. The number of fused-ring (bicyclic) bond motifs is 1. The van der Waals surface area contributed by atoms with Crippen LogP contribution in [0.2, 0.25) is 0 Å². The van der Waals surface area contributed by atoms with Crippen LogP contribution < -0.4 is 10.5 Å². The minimum atomic E-state index is -1.06. The molecule has 1 aromatic heterocycles. The van der Waals surface area contributed by atoms with Gasteiger partial charge in [0.1, 0.15) is 17.4 Å². The fourth-order valence-electron chi connectivity index (χ4n) is 4.22. The Morgan fingerprint density at radius 1 is 1.35 bits per heavy atom. The number of benzene rings is 1. The molecule has 1 saturated carbocycles. The zero-order valence-electron chi connectivity index (χ0n) is 16.0. The summed E-state index contributed by atoms with van der Waals surface area (Å²) in [6.07, 6.45) is 3.49. The van der Waals surface area contributed by atoms with Gasteiger partial charge in [-0.2, -0.15) is 0 Å². The Labute approximate surface area is 154 Å². The van der Waals surface area contributed by atoms with Crippen molar-refractivity contribution in [1.82, 2.24) is 4.98 Å². The van der Waals surface area contributed by atoms with Crippen LogP contribution in [0, 0.1) is 24.7 Å². The number of nitrogen functional groups attached to an aromatic ring is 1. The Kier molecular flexibility index (Phi) is 5.08. The largest absolute Gasteiger partial charge is 0.489 e. The summed E-state index contributed by atoms with van der Waals surface area (Å²) in [6.45, 7) is 8.41. The molecule has 140 valence electrons. The van der Waals surface area contributed by atoms with Crippen LogP contribution in [0.1, 0.15) is 56.1 Å². The summed E-state index contributed by atoms with van der Waals surface area (Å²) in [6, 6.07) is 5.61. The number of aromatic nitrogens is 1. The molecular formula is C21H28N2O3. The van der Waals surface area contributed by atoms with Gasteiger partial charge in [0.25, 0.3) is 0 Å². The van der Waals surface area contributed by atoms with Crippen molar-refractivity contribution < 1.29 is 14.6 Å². The van der Waals surface area contributed by atoms with Crippen molar-refractivity contribution in [3.63, 3.8) is 0 Å². The number of carbonyl (C=O) groups is 1. The van der Waals surface area contributed by atoms with Crippen molar-refractivity contribution in [3.8, 4) is 5.75 Å². The van der Waals surface area contributed by atoms with Crippen LogP contribution in [0.3, 0.4) is 0 Å². The number of nitrogens with zero attached hydrogens (tertiary/aromatic N) is 1. The van der Waals surface area contributed by atoms with E-state index >= 15 is 0 Å². The molecule has 0 saturated heterocycles. The van der Waals surface area contributed by atoms with Gasteiger partial charge in [0, 0.05) is 0 Å². The number of ether oxygens (including phenoxy) is 1. The van der Waals surface area contributed by atoms with Crippen LogP contribution in [0.5, 0.6) is 5.75 Å². The molecule has 1 aliphatic carbocycles. The Morgan fingerprint density at radius 3 is 2.73 bits per heavy atom. The molecule has 2 aromatic rings. The molecule has 0 radical (unpaired) electrons. The van der Waals surface area contributed by atoms with Gasteiger partial charge in [0.05, 0.1) is 22.3 Å². The lowest BCUT2D eigenvalue weighted by atomic mass is 9.75. The standard InChI is InChI=1S/C21H28N2O3/c1-11(2)14-9-8-12(3)10-17(14)26-16-7-5-6-15-19(16)20(22)18(21(24)25)13(4)23-15/h5-7,11-12,14,17H,8-10H2,1-4H3,(H2,22,23)(H,24,25)/t12-,14+,17-/m1/s1. The van der Waals surface area contributed by atoms with Crippen LogP contribution >= 0.6 is 0 Å². The summed E-state index contributed by atoms with van der Waals surface area (Å²) in [4.78, 5) is 16.1. The third-order valence-electron chi connectivity index (χ3n) is 5.65. The van der Waals surface area contributed by atoms with Gasteiger partial charge in [0.2, 0.25) is 0 Å². The van der Waals surface area contributed by atoms with E-state index in [4.69, 9.17) is 10.5 Å². The van der Waals surface area contributed by atoms with Crippen LogP contribution in [0.4, 0.5) is 5.69 Å². The zero-order chi connectivity index (χ0) is 19.0. The van der Waals surface area contributed by atoms with E-state index in [0.29, 0.717) is 40.1 Å². The van der Waals surface area contributed by atoms with Crippen molar-refractivity contribution in [2.24, 2.45) is 17.8 Å². The average molecular weight is 356 g/mol. The van der Waals surface area contributed by atoms with E-state index in [1.54, 1.807) is 6.92 Å². The molecule has 26 heavy (non-hydrogen) atoms. The van der Waals surface area contributed by atoms with E-state index in [2.05, 4.69) is 25.8 Å². The minimum Gasteiger partial charge on any atom is -0.489 e. The van der Waals surface area contributed by atoms with E-state index in [1.807, 2.05) is 18.2 Å². The first-order chi connectivity index (χ1) is 12.3. The summed E-state index contributed by atoms with van der Waals surface area (Å²) in [5.41, 5.74) is 7.64. The molecule has 0 spiro atoms. The van der Waals surface area contributed by atoms with Gasteiger partial charge in [-0.1, -0.05) is 33.3 Å². The van der Waals surface area contributed by atoms with Gasteiger partial charge in [0.15, 0.2) is 0 Å². The first-order valence-corrected chi connectivity index (χ1v) is 9.38. The molecule has 0 bridgehead atoms. The second-order valence-corrected chi connectivity index (χ2v) is 7.92. The second kappa shape index (κ2) is 7.14. The smallest absolute Gasteiger partial charge is 0.339 e. The summed E-state index contributed by atoms with van der Waals surface area (Å²) in [7, 11) is 0. The maximum absolute atomic E-state index is 11.6. The van der Waals surface area contributed by atoms with Gasteiger partial charge in [-0.15, -0.1) is 0 Å². The summed E-state index contributed by atoms with van der Waals surface area (Å²) in [5, 5.41) is 10.1. The van der Waals surface area contributed by atoms with E-state index in [1.165, 1.54) is 6.42 Å². The van der Waals surface area contributed by atoms with E-state index in [9.17, 15) is 9.90 Å². The van der Waals surface area contributed by atoms with Crippen LogP contribution in [-0.4, -0.2) is 22.2 Å². The summed E-state index contributed by atoms with van der Waals surface area (Å²) < 4.78 is 6.46. The Morgan fingerprint density at radius 2 is 2.08 bits per heavy atom. The Hall–Kier alpha value is -2.30. The van der Waals surface area contributed by atoms with Crippen molar-refractivity contribution in [2.45, 2.75) is 53.1 Å². The maximum Gasteiger partial charge on any atom is 0.339 e. The van der Waals surface area contributed by atoms with Crippen molar-refractivity contribution in [2.75, 3.05) is 5.73 Å². The number of hydrogen-bond acceptors (Lipinski definition) is 4. The van der Waals surface area contributed by atoms with Crippen LogP contribution in [0.15, 0.2) is 18.2 Å². The number of aryl methyl sites for hydroxylation is 1. The number of carboxylic acids is 1. The molecule has 3 rings (SSSR count). The lowest BCUT2D eigenvalue weighted by Crippen LogP contribution is -2.36. The normalized spacial score (nSPS) is 23.3. The first kappa shape index (κ1) is 18.5. The van der Waals surface area contributed by atoms with Crippen molar-refractivity contribution in [3.05, 3.63) is 29.5 Å². The van der Waals surface area contributed by atoms with Gasteiger partial charge < -0.3 is 15.6 Å². The average Bonchev–Trinajstić information content (AvgIpc) is 2.54. The quantitative estimate of drug-likeness (QED) is 0.832. The van der Waals surface area contributed by atoms with E-state index in [-0.39, 0.29) is 17.4 Å². The second-order valence-electron chi connectivity index (χ2n) is 7.92. The highest BCUT2D eigenvalue weighted by Crippen LogP contribution is 2.39. The van der Waals surface area contributed by atoms with Crippen LogP contribution in [0.25, 0.3) is 10.9 Å². The van der Waals surface area contributed by atoms with Crippen molar-refractivity contribution >= 4 is 22.6 Å². The van der Waals surface area contributed by atoms with Crippen LogP contribution in [-0.2, 0) is 0 Å². The molecule has 1 aromatic carbocycles. The molecule has 1 fully saturated rings. The fourth-order valence-corrected chi connectivity index (χ4v) is 4.22. The zero-order valence-corrected chi connectivity index (χ0v) is 16.0. The molecule has 1 heterocycles. The van der Waals surface area contributed by atoms with E-state index in [0.717, 1.165) is 12.8 Å². The fraction of sp³-hybridized carbons (Fsp3) is 0.524. The highest BCUT2D eigenvalue weighted by molar-refractivity contribution is 6.06. The predicted molar refractivity (Wildman–Crippen MR) is 104 cm³/mol. The molecule has 0 unspecified atom stereocenters. The number of aromatic carboxylic acids is 1. The SMILES string of the molecule is Cc1nc2cccc(O[C@@H]3C[C@H](C)CC[C@H]3C(C)C)c2c(N)c1C(=O)O. The molecule has 0 aliphatic heterocycles. The highest BCUT2D eigenvalue weighted by Gasteiger charge is 2.33. The number of nitrogens with two attached hydrogens (primary N) is 1. The molecule has 5 nitrogen and oxygen atoms in total. The van der Waals surface area contributed by atoms with Gasteiger partial charge in [-0.3, -0.25) is 4.98 Å². The topological polar surface area (TPSA) is 85.4 Å². The lowest BCUT2D eigenvalue weighted by Gasteiger charge is -2.37. The molecule has 3 atom stereocenters. The summed E-state index contributed by atoms with van der Waals surface area (Å²) >= 11 is 0. The Bertz CT molecular complexity index is 832. The number of hydrogen-bond donors (Lipinski definition) is 2. The van der Waals surface area contributed by atoms with Gasteiger partial charge in [-0.05, 0) is 49.7 Å². The summed E-state index contributed by atoms with van der Waals surface area (Å²) in [5.74, 6) is 1.22. The lowest BCUT2D eigenvalue weighted by molar-refractivity contribution is 0.0472. The monoisotopic (exact) mass is 356 g/mol.